The van der Waals surface area contributed by atoms with Crippen LogP contribution in [0.4, 0.5) is 0 Å². The van der Waals surface area contributed by atoms with Crippen LogP contribution in [0.2, 0.25) is 0 Å². The van der Waals surface area contributed by atoms with E-state index in [1.807, 2.05) is 12.2 Å². The molecular formula is C10H8BrNO2. The molecule has 0 amide bonds. The van der Waals surface area contributed by atoms with Gasteiger partial charge in [0.1, 0.15) is 6.10 Å². The first kappa shape index (κ1) is 8.59. The Hall–Kier alpha value is -0.710. The number of ether oxygens (including phenoxy) is 2. The number of pyridine rings is 1. The van der Waals surface area contributed by atoms with Crippen molar-refractivity contribution in [1.82, 2.24) is 4.98 Å². The highest BCUT2D eigenvalue weighted by Crippen LogP contribution is 2.52. The summed E-state index contributed by atoms with van der Waals surface area (Å²) < 4.78 is 12.1. The van der Waals surface area contributed by atoms with Crippen LogP contribution in [-0.4, -0.2) is 12.1 Å². The zero-order valence-electron chi connectivity index (χ0n) is 7.53. The number of rotatable bonds is 1. The normalized spacial score (nSPS) is 32.3. The lowest BCUT2D eigenvalue weighted by Crippen LogP contribution is -2.23. The number of nitrogens with zero attached hydrogens (tertiary/aromatic N) is 1. The third-order valence-electron chi connectivity index (χ3n) is 2.69. The van der Waals surface area contributed by atoms with E-state index in [0.717, 1.165) is 15.6 Å². The van der Waals surface area contributed by atoms with Crippen molar-refractivity contribution in [2.24, 2.45) is 0 Å². The monoisotopic (exact) mass is 253 g/mol. The van der Waals surface area contributed by atoms with Crippen molar-refractivity contribution in [3.63, 3.8) is 0 Å². The van der Waals surface area contributed by atoms with Gasteiger partial charge in [-0.1, -0.05) is 0 Å². The molecule has 14 heavy (non-hydrogen) atoms. The maximum Gasteiger partial charge on any atom is 0.217 e. The highest BCUT2D eigenvalue weighted by atomic mass is 79.9. The predicted octanol–water partition coefficient (Wildman–Crippen LogP) is 2.28. The van der Waals surface area contributed by atoms with Gasteiger partial charge < -0.3 is 9.47 Å². The Balaban J connectivity index is 2.28. The van der Waals surface area contributed by atoms with E-state index in [0.29, 0.717) is 0 Å². The Labute approximate surface area is 89.9 Å². The van der Waals surface area contributed by atoms with Crippen LogP contribution in [0.5, 0.6) is 0 Å². The molecule has 0 spiro atoms. The van der Waals surface area contributed by atoms with E-state index in [1.54, 1.807) is 19.5 Å². The average Bonchev–Trinajstić information content (AvgIpc) is 2.75. The van der Waals surface area contributed by atoms with Gasteiger partial charge >= 0.3 is 0 Å². The number of hydrogen-bond donors (Lipinski definition) is 0. The van der Waals surface area contributed by atoms with Gasteiger partial charge in [0.15, 0.2) is 0 Å². The fraction of sp³-hybridized carbons (Fsp3) is 0.300. The highest BCUT2D eigenvalue weighted by Gasteiger charge is 2.48. The summed E-state index contributed by atoms with van der Waals surface area (Å²) in [5.74, 6) is -0.698. The van der Waals surface area contributed by atoms with E-state index in [9.17, 15) is 0 Å². The third kappa shape index (κ3) is 0.860. The lowest BCUT2D eigenvalue weighted by molar-refractivity contribution is -0.184. The van der Waals surface area contributed by atoms with Gasteiger partial charge in [-0.25, -0.2) is 0 Å². The third-order valence-corrected chi connectivity index (χ3v) is 3.33. The molecule has 1 aromatic heterocycles. The molecule has 1 aromatic rings. The summed E-state index contributed by atoms with van der Waals surface area (Å²) in [6.07, 6.45) is 7.53. The molecule has 0 saturated carbocycles. The van der Waals surface area contributed by atoms with E-state index >= 15 is 0 Å². The lowest BCUT2D eigenvalue weighted by atomic mass is 9.97. The average molecular weight is 254 g/mol. The minimum absolute atomic E-state index is 0.00215. The standard InChI is InChI=1S/C10H8BrNO2/c1-13-10-3-2-8(14-10)9-6(10)4-12-5-7(9)11/h2-5,8H,1H3/t8-,10+/m0/s1. The Kier molecular flexibility index (Phi) is 1.63. The molecule has 0 unspecified atom stereocenters. The molecule has 0 N–H and O–H groups in total. The summed E-state index contributed by atoms with van der Waals surface area (Å²) in [7, 11) is 1.64. The van der Waals surface area contributed by atoms with Crippen LogP contribution in [0.3, 0.4) is 0 Å². The molecular weight excluding hydrogens is 246 g/mol. The van der Waals surface area contributed by atoms with E-state index in [-0.39, 0.29) is 6.10 Å². The van der Waals surface area contributed by atoms with Crippen LogP contribution < -0.4 is 0 Å². The second kappa shape index (κ2) is 2.66. The molecule has 3 heterocycles. The molecule has 0 saturated heterocycles. The van der Waals surface area contributed by atoms with E-state index in [1.165, 1.54) is 0 Å². The predicted molar refractivity (Wildman–Crippen MR) is 53.6 cm³/mol. The van der Waals surface area contributed by atoms with Gasteiger partial charge in [0.05, 0.1) is 0 Å². The lowest BCUT2D eigenvalue weighted by Gasteiger charge is -2.21. The Bertz CT molecular complexity index is 432. The zero-order valence-corrected chi connectivity index (χ0v) is 9.11. The number of halogens is 1. The minimum Gasteiger partial charge on any atom is -0.346 e. The molecule has 0 aliphatic carbocycles. The van der Waals surface area contributed by atoms with Crippen LogP contribution in [-0.2, 0) is 15.3 Å². The second-order valence-corrected chi connectivity index (χ2v) is 4.21. The summed E-state index contributed by atoms with van der Waals surface area (Å²) >= 11 is 3.47. The van der Waals surface area contributed by atoms with E-state index in [4.69, 9.17) is 9.47 Å². The van der Waals surface area contributed by atoms with Crippen LogP contribution in [0, 0.1) is 0 Å². The van der Waals surface area contributed by atoms with Gasteiger partial charge in [0, 0.05) is 35.1 Å². The van der Waals surface area contributed by atoms with Gasteiger partial charge in [0.2, 0.25) is 5.79 Å². The Morgan fingerprint density at radius 1 is 1.57 bits per heavy atom. The molecule has 2 aliphatic heterocycles. The summed E-state index contributed by atoms with van der Waals surface area (Å²) in [5.41, 5.74) is 2.13. The van der Waals surface area contributed by atoms with Crippen LogP contribution in [0.25, 0.3) is 0 Å². The van der Waals surface area contributed by atoms with Crippen molar-refractivity contribution in [2.45, 2.75) is 11.9 Å². The largest absolute Gasteiger partial charge is 0.346 e. The molecule has 4 heteroatoms. The van der Waals surface area contributed by atoms with Gasteiger partial charge in [-0.05, 0) is 28.1 Å². The first-order valence-electron chi connectivity index (χ1n) is 4.33. The number of methoxy groups -OCH3 is 1. The van der Waals surface area contributed by atoms with Gasteiger partial charge in [-0.2, -0.15) is 0 Å². The van der Waals surface area contributed by atoms with Gasteiger partial charge in [-0.15, -0.1) is 0 Å². The molecule has 3 rings (SSSR count). The Morgan fingerprint density at radius 2 is 2.43 bits per heavy atom. The summed E-state index contributed by atoms with van der Waals surface area (Å²) in [6.45, 7) is 0. The fourth-order valence-corrected chi connectivity index (χ4v) is 2.59. The topological polar surface area (TPSA) is 31.4 Å². The summed E-state index contributed by atoms with van der Waals surface area (Å²) in [6, 6.07) is 0. The molecule has 0 aromatic carbocycles. The molecule has 0 fully saturated rings. The number of hydrogen-bond acceptors (Lipinski definition) is 3. The van der Waals surface area contributed by atoms with Crippen LogP contribution >= 0.6 is 15.9 Å². The van der Waals surface area contributed by atoms with Crippen LogP contribution in [0.1, 0.15) is 17.2 Å². The molecule has 2 atom stereocenters. The zero-order chi connectivity index (χ0) is 9.76. The molecule has 2 aliphatic rings. The van der Waals surface area contributed by atoms with Crippen LogP contribution in [0.15, 0.2) is 29.0 Å². The van der Waals surface area contributed by atoms with Gasteiger partial charge in [0.25, 0.3) is 0 Å². The van der Waals surface area contributed by atoms with Crippen molar-refractivity contribution in [1.29, 1.82) is 0 Å². The summed E-state index contributed by atoms with van der Waals surface area (Å²) in [5, 5.41) is 0. The first-order chi connectivity index (χ1) is 6.77. The maximum absolute atomic E-state index is 5.76. The van der Waals surface area contributed by atoms with Crippen molar-refractivity contribution < 1.29 is 9.47 Å². The van der Waals surface area contributed by atoms with Crippen molar-refractivity contribution in [3.05, 3.63) is 40.1 Å². The fourth-order valence-electron chi connectivity index (χ4n) is 2.03. The van der Waals surface area contributed by atoms with Crippen molar-refractivity contribution in [2.75, 3.05) is 7.11 Å². The maximum atomic E-state index is 5.76. The first-order valence-corrected chi connectivity index (χ1v) is 5.12. The van der Waals surface area contributed by atoms with Gasteiger partial charge in [-0.3, -0.25) is 4.98 Å². The quantitative estimate of drug-likeness (QED) is 0.720. The molecule has 2 bridgehead atoms. The van der Waals surface area contributed by atoms with Crippen molar-refractivity contribution >= 4 is 15.9 Å². The smallest absolute Gasteiger partial charge is 0.217 e. The second-order valence-electron chi connectivity index (χ2n) is 3.35. The van der Waals surface area contributed by atoms with E-state index in [2.05, 4.69) is 20.9 Å². The molecule has 72 valence electrons. The van der Waals surface area contributed by atoms with Crippen molar-refractivity contribution in [3.8, 4) is 0 Å². The minimum atomic E-state index is -0.698. The SMILES string of the molecule is CO[C@]12C=C[C@H](O1)c1c(Br)cncc12. The number of fused-ring (bicyclic) bond motifs is 5. The molecule has 0 radical (unpaired) electrons. The summed E-state index contributed by atoms with van der Waals surface area (Å²) in [4.78, 5) is 4.13. The molecule has 3 nitrogen and oxygen atoms in total. The highest BCUT2D eigenvalue weighted by molar-refractivity contribution is 9.10. The van der Waals surface area contributed by atoms with E-state index < -0.39 is 5.79 Å². The number of aromatic nitrogens is 1. The Morgan fingerprint density at radius 3 is 3.21 bits per heavy atom.